The van der Waals surface area contributed by atoms with E-state index in [1.807, 2.05) is 18.6 Å². The fraction of sp³-hybridized carbons (Fsp3) is 0.562. The van der Waals surface area contributed by atoms with E-state index in [1.165, 1.54) is 0 Å². The van der Waals surface area contributed by atoms with E-state index in [2.05, 4.69) is 38.7 Å². The third-order valence-electron chi connectivity index (χ3n) is 4.17. The molecule has 23 heavy (non-hydrogen) atoms. The maximum Gasteiger partial charge on any atom is 0.222 e. The Labute approximate surface area is 136 Å². The molecule has 0 saturated heterocycles. The summed E-state index contributed by atoms with van der Waals surface area (Å²) in [4.78, 5) is 12.9. The molecule has 2 aromatic rings. The highest BCUT2D eigenvalue weighted by Gasteiger charge is 2.29. The maximum atomic E-state index is 5.86. The molecule has 5 N–H and O–H groups in total. The second kappa shape index (κ2) is 6.54. The van der Waals surface area contributed by atoms with Gasteiger partial charge in [-0.15, -0.1) is 0 Å². The zero-order valence-electron chi connectivity index (χ0n) is 13.7. The van der Waals surface area contributed by atoms with Crippen molar-refractivity contribution in [2.45, 2.75) is 51.7 Å². The highest BCUT2D eigenvalue weighted by Crippen LogP contribution is 2.35. The lowest BCUT2D eigenvalue weighted by Crippen LogP contribution is -2.35. The zero-order chi connectivity index (χ0) is 16.4. The second-order valence-corrected chi connectivity index (χ2v) is 6.75. The van der Waals surface area contributed by atoms with Crippen LogP contribution in [0.1, 0.15) is 44.0 Å². The van der Waals surface area contributed by atoms with Crippen molar-refractivity contribution in [3.05, 3.63) is 30.0 Å². The average Bonchev–Trinajstić information content (AvgIpc) is 2.87. The molecule has 0 spiro atoms. The summed E-state index contributed by atoms with van der Waals surface area (Å²) in [5.74, 6) is 2.04. The molecule has 2 heterocycles. The van der Waals surface area contributed by atoms with Crippen LogP contribution in [0.2, 0.25) is 0 Å². The molecule has 7 heteroatoms. The number of rotatable bonds is 6. The predicted molar refractivity (Wildman–Crippen MR) is 90.8 cm³/mol. The Balaban J connectivity index is 1.67. The van der Waals surface area contributed by atoms with Crippen molar-refractivity contribution in [1.29, 1.82) is 0 Å². The Morgan fingerprint density at radius 2 is 2.13 bits per heavy atom. The minimum Gasteiger partial charge on any atom is -0.368 e. The van der Waals surface area contributed by atoms with Gasteiger partial charge in [0.25, 0.3) is 0 Å². The van der Waals surface area contributed by atoms with E-state index in [-0.39, 0.29) is 6.04 Å². The molecule has 0 aromatic carbocycles. The fourth-order valence-electron chi connectivity index (χ4n) is 2.92. The van der Waals surface area contributed by atoms with Gasteiger partial charge in [-0.2, -0.15) is 4.98 Å². The smallest absolute Gasteiger partial charge is 0.222 e. The van der Waals surface area contributed by atoms with Crippen LogP contribution in [0.4, 0.5) is 11.8 Å². The molecule has 2 aromatic heterocycles. The van der Waals surface area contributed by atoms with Crippen molar-refractivity contribution in [2.24, 2.45) is 11.7 Å². The summed E-state index contributed by atoms with van der Waals surface area (Å²) >= 11 is 0. The number of hydrogen-bond donors (Lipinski definition) is 3. The number of nitrogens with one attached hydrogen (secondary N) is 1. The van der Waals surface area contributed by atoms with Crippen LogP contribution in [0.5, 0.6) is 0 Å². The summed E-state index contributed by atoms with van der Waals surface area (Å²) in [5.41, 5.74) is 13.8. The Morgan fingerprint density at radius 3 is 2.83 bits per heavy atom. The van der Waals surface area contributed by atoms with Crippen molar-refractivity contribution >= 4 is 11.8 Å². The topological polar surface area (TPSA) is 108 Å². The SMILES string of the molecule is CC(C)Cn1cncc1CNc1cc(C2CC(N)C2)nc(N)n1. The van der Waals surface area contributed by atoms with Crippen molar-refractivity contribution in [2.75, 3.05) is 11.1 Å². The van der Waals surface area contributed by atoms with E-state index in [0.717, 1.165) is 36.6 Å². The van der Waals surface area contributed by atoms with E-state index in [4.69, 9.17) is 11.5 Å². The predicted octanol–water partition coefficient (Wildman–Crippen LogP) is 1.73. The standard InChI is InChI=1S/C16H25N7/c1-10(2)8-23-9-19-6-13(23)7-20-15-5-14(21-16(18)22-15)11-3-12(17)4-11/h5-6,9-12H,3-4,7-8,17H2,1-2H3,(H3,18,20,21,22). The molecule has 124 valence electrons. The van der Waals surface area contributed by atoms with Gasteiger partial charge in [-0.25, -0.2) is 9.97 Å². The van der Waals surface area contributed by atoms with Crippen LogP contribution in [0, 0.1) is 5.92 Å². The number of nitrogens with two attached hydrogens (primary N) is 2. The minimum atomic E-state index is 0.290. The van der Waals surface area contributed by atoms with E-state index >= 15 is 0 Å². The molecule has 0 aliphatic heterocycles. The quantitative estimate of drug-likeness (QED) is 0.749. The summed E-state index contributed by atoms with van der Waals surface area (Å²) in [5, 5.41) is 3.33. The highest BCUT2D eigenvalue weighted by molar-refractivity contribution is 5.42. The van der Waals surface area contributed by atoms with Crippen LogP contribution in [-0.4, -0.2) is 25.6 Å². The van der Waals surface area contributed by atoms with Gasteiger partial charge in [0.15, 0.2) is 0 Å². The molecule has 0 radical (unpaired) electrons. The van der Waals surface area contributed by atoms with Crippen molar-refractivity contribution in [3.63, 3.8) is 0 Å². The zero-order valence-corrected chi connectivity index (χ0v) is 13.7. The monoisotopic (exact) mass is 315 g/mol. The number of nitrogens with zero attached hydrogens (tertiary/aromatic N) is 4. The van der Waals surface area contributed by atoms with Gasteiger partial charge >= 0.3 is 0 Å². The summed E-state index contributed by atoms with van der Waals surface area (Å²) < 4.78 is 2.16. The first-order valence-electron chi connectivity index (χ1n) is 8.14. The van der Waals surface area contributed by atoms with Crippen LogP contribution in [0.3, 0.4) is 0 Å². The molecular formula is C16H25N7. The summed E-state index contributed by atoms with van der Waals surface area (Å²) in [7, 11) is 0. The number of imidazole rings is 1. The van der Waals surface area contributed by atoms with Crippen molar-refractivity contribution in [1.82, 2.24) is 19.5 Å². The van der Waals surface area contributed by atoms with Gasteiger partial charge < -0.3 is 21.4 Å². The van der Waals surface area contributed by atoms with E-state index in [1.54, 1.807) is 0 Å². The van der Waals surface area contributed by atoms with Gasteiger partial charge in [0.2, 0.25) is 5.95 Å². The molecule has 3 rings (SSSR count). The normalized spacial score (nSPS) is 20.5. The van der Waals surface area contributed by atoms with E-state index in [0.29, 0.717) is 24.3 Å². The van der Waals surface area contributed by atoms with Gasteiger partial charge in [0, 0.05) is 30.8 Å². The van der Waals surface area contributed by atoms with Crippen LogP contribution < -0.4 is 16.8 Å². The van der Waals surface area contributed by atoms with Crippen LogP contribution in [0.25, 0.3) is 0 Å². The Hall–Kier alpha value is -2.15. The number of hydrogen-bond acceptors (Lipinski definition) is 6. The molecule has 0 unspecified atom stereocenters. The van der Waals surface area contributed by atoms with Gasteiger partial charge in [-0.05, 0) is 18.8 Å². The van der Waals surface area contributed by atoms with Gasteiger partial charge in [-0.1, -0.05) is 13.8 Å². The minimum absolute atomic E-state index is 0.290. The van der Waals surface area contributed by atoms with Crippen LogP contribution in [-0.2, 0) is 13.1 Å². The first-order valence-corrected chi connectivity index (χ1v) is 8.14. The average molecular weight is 315 g/mol. The van der Waals surface area contributed by atoms with Crippen molar-refractivity contribution < 1.29 is 0 Å². The van der Waals surface area contributed by atoms with Gasteiger partial charge in [-0.3, -0.25) is 0 Å². The van der Waals surface area contributed by atoms with Gasteiger partial charge in [0.05, 0.1) is 24.3 Å². The molecule has 0 amide bonds. The van der Waals surface area contributed by atoms with E-state index < -0.39 is 0 Å². The molecule has 1 aliphatic carbocycles. The lowest BCUT2D eigenvalue weighted by atomic mass is 9.78. The summed E-state index contributed by atoms with van der Waals surface area (Å²) in [6.45, 7) is 6.00. The molecule has 0 atom stereocenters. The first kappa shape index (κ1) is 15.7. The number of nitrogen functional groups attached to an aromatic ring is 1. The lowest BCUT2D eigenvalue weighted by Gasteiger charge is -2.32. The van der Waals surface area contributed by atoms with Crippen LogP contribution >= 0.6 is 0 Å². The maximum absolute atomic E-state index is 5.86. The molecule has 0 bridgehead atoms. The highest BCUT2D eigenvalue weighted by atomic mass is 15.1. The van der Waals surface area contributed by atoms with Crippen molar-refractivity contribution in [3.8, 4) is 0 Å². The number of anilines is 2. The number of aromatic nitrogens is 4. The molecule has 1 saturated carbocycles. The van der Waals surface area contributed by atoms with E-state index in [9.17, 15) is 0 Å². The molecular weight excluding hydrogens is 290 g/mol. The largest absolute Gasteiger partial charge is 0.368 e. The second-order valence-electron chi connectivity index (χ2n) is 6.75. The molecule has 7 nitrogen and oxygen atoms in total. The van der Waals surface area contributed by atoms with Crippen LogP contribution in [0.15, 0.2) is 18.6 Å². The molecule has 1 aliphatic rings. The lowest BCUT2D eigenvalue weighted by molar-refractivity contribution is 0.345. The summed E-state index contributed by atoms with van der Waals surface area (Å²) in [6.07, 6.45) is 5.69. The fourth-order valence-corrected chi connectivity index (χ4v) is 2.92. The first-order chi connectivity index (χ1) is 11.0. The Bertz CT molecular complexity index is 658. The molecule has 1 fully saturated rings. The van der Waals surface area contributed by atoms with Gasteiger partial charge in [0.1, 0.15) is 5.82 Å². The third-order valence-corrected chi connectivity index (χ3v) is 4.17. The Kier molecular flexibility index (Phi) is 4.47. The third kappa shape index (κ3) is 3.79. The summed E-state index contributed by atoms with van der Waals surface area (Å²) in [6, 6.07) is 2.27. The Morgan fingerprint density at radius 1 is 1.35 bits per heavy atom.